The number of para-hydroxylation sites is 2. The second-order valence-corrected chi connectivity index (χ2v) is 8.38. The summed E-state index contributed by atoms with van der Waals surface area (Å²) in [7, 11) is 1.72. The fraction of sp³-hybridized carbons (Fsp3) is 0.136. The first-order chi connectivity index (χ1) is 15.1. The second kappa shape index (κ2) is 6.64. The Morgan fingerprint density at radius 1 is 0.871 bits per heavy atom. The van der Waals surface area contributed by atoms with Crippen LogP contribution in [0.4, 0.5) is 0 Å². The zero-order valence-electron chi connectivity index (χ0n) is 16.9. The van der Waals surface area contributed by atoms with Gasteiger partial charge in [-0.2, -0.15) is 0 Å². The summed E-state index contributed by atoms with van der Waals surface area (Å²) in [6, 6.07) is 17.8. The van der Waals surface area contributed by atoms with Crippen molar-refractivity contribution >= 4 is 45.0 Å². The summed E-state index contributed by atoms with van der Waals surface area (Å²) in [5.74, 6) is 1.80. The van der Waals surface area contributed by atoms with Gasteiger partial charge in [-0.15, -0.1) is 20.4 Å². The summed E-state index contributed by atoms with van der Waals surface area (Å²) in [5.41, 5.74) is 3.78. The first-order valence-electron chi connectivity index (χ1n) is 9.81. The Kier molecular flexibility index (Phi) is 3.87. The van der Waals surface area contributed by atoms with Crippen LogP contribution in [0.5, 0.6) is 0 Å². The fourth-order valence-electron chi connectivity index (χ4n) is 4.08. The Morgan fingerprint density at radius 3 is 2.39 bits per heavy atom. The maximum Gasteiger partial charge on any atom is 0.262 e. The van der Waals surface area contributed by atoms with E-state index in [2.05, 4.69) is 49.9 Å². The van der Waals surface area contributed by atoms with Crippen LogP contribution in [0.3, 0.4) is 0 Å². The molecule has 0 aliphatic rings. The largest absolute Gasteiger partial charge is 0.279 e. The molecule has 6 rings (SSSR count). The van der Waals surface area contributed by atoms with E-state index in [4.69, 9.17) is 0 Å². The maximum absolute atomic E-state index is 12.6. The van der Waals surface area contributed by atoms with E-state index < -0.39 is 0 Å². The molecule has 0 spiro atoms. The van der Waals surface area contributed by atoms with Crippen LogP contribution in [0.25, 0.3) is 33.2 Å². The van der Waals surface area contributed by atoms with Gasteiger partial charge >= 0.3 is 0 Å². The van der Waals surface area contributed by atoms with Gasteiger partial charge in [0.05, 0.1) is 22.2 Å². The van der Waals surface area contributed by atoms with Crippen LogP contribution in [0.1, 0.15) is 11.4 Å². The summed E-state index contributed by atoms with van der Waals surface area (Å²) in [5, 5.41) is 20.0. The third-order valence-corrected chi connectivity index (χ3v) is 6.52. The van der Waals surface area contributed by atoms with Crippen molar-refractivity contribution in [3.63, 3.8) is 0 Å². The molecule has 0 atom stereocenters. The molecule has 0 fully saturated rings. The van der Waals surface area contributed by atoms with Crippen molar-refractivity contribution < 1.29 is 0 Å². The molecule has 0 aliphatic heterocycles. The van der Waals surface area contributed by atoms with Gasteiger partial charge in [-0.25, -0.2) is 0 Å². The number of hydrogen-bond donors (Lipinski definition) is 0. The predicted molar refractivity (Wildman–Crippen MR) is 121 cm³/mol. The van der Waals surface area contributed by atoms with Gasteiger partial charge in [-0.3, -0.25) is 18.2 Å². The molecule has 4 aromatic heterocycles. The van der Waals surface area contributed by atoms with Gasteiger partial charge in [0, 0.05) is 12.4 Å². The summed E-state index contributed by atoms with van der Waals surface area (Å²) in [6.45, 7) is 2.08. The molecule has 6 aromatic rings. The van der Waals surface area contributed by atoms with E-state index in [1.165, 1.54) is 15.5 Å². The van der Waals surface area contributed by atoms with Gasteiger partial charge in [0.1, 0.15) is 5.82 Å². The van der Waals surface area contributed by atoms with Crippen LogP contribution in [-0.4, -0.2) is 33.8 Å². The first-order valence-corrected chi connectivity index (χ1v) is 10.8. The number of aryl methyl sites for hydroxylation is 2. The van der Waals surface area contributed by atoms with E-state index in [9.17, 15) is 4.79 Å². The summed E-state index contributed by atoms with van der Waals surface area (Å²) >= 11 is 1.55. The van der Waals surface area contributed by atoms with Gasteiger partial charge in [0.15, 0.2) is 10.8 Å². The Balaban J connectivity index is 1.49. The number of thioether (sulfide) groups is 1. The van der Waals surface area contributed by atoms with Crippen molar-refractivity contribution in [2.45, 2.75) is 17.8 Å². The molecular weight excluding hydrogens is 410 g/mol. The highest BCUT2D eigenvalue weighted by molar-refractivity contribution is 7.98. The minimum absolute atomic E-state index is 0.0833. The fourth-order valence-corrected chi connectivity index (χ4v) is 4.95. The average molecular weight is 427 g/mol. The van der Waals surface area contributed by atoms with Crippen LogP contribution >= 0.6 is 11.8 Å². The average Bonchev–Trinajstić information content (AvgIpc) is 3.40. The van der Waals surface area contributed by atoms with Gasteiger partial charge in [-0.05, 0) is 36.8 Å². The monoisotopic (exact) mass is 427 g/mol. The Labute approximate surface area is 180 Å². The zero-order valence-corrected chi connectivity index (χ0v) is 17.7. The highest BCUT2D eigenvalue weighted by atomic mass is 32.2. The standard InChI is InChI=1S/C22H17N7OS/c1-13-11-18-23-26-22(29(18)16-9-5-3-7-14(13)16)31-12-19-24-25-21-27(2)20(30)15-8-4-6-10-17(15)28(19)21/h3-11H,12H2,1-2H3. The third kappa shape index (κ3) is 2.59. The number of nitrogens with zero attached hydrogens (tertiary/aromatic N) is 7. The minimum Gasteiger partial charge on any atom is -0.279 e. The molecule has 0 radical (unpaired) electrons. The minimum atomic E-state index is -0.0833. The molecule has 0 saturated carbocycles. The molecule has 8 nitrogen and oxygen atoms in total. The summed E-state index contributed by atoms with van der Waals surface area (Å²) in [6.07, 6.45) is 0. The van der Waals surface area contributed by atoms with Crippen LogP contribution in [0, 0.1) is 6.92 Å². The lowest BCUT2D eigenvalue weighted by molar-refractivity contribution is 0.857. The van der Waals surface area contributed by atoms with E-state index in [1.54, 1.807) is 18.8 Å². The van der Waals surface area contributed by atoms with Gasteiger partial charge in [0.2, 0.25) is 5.78 Å². The Bertz CT molecular complexity index is 1700. The number of benzene rings is 2. The van der Waals surface area contributed by atoms with Crippen molar-refractivity contribution in [1.82, 2.24) is 33.8 Å². The highest BCUT2D eigenvalue weighted by Gasteiger charge is 2.17. The molecule has 0 saturated heterocycles. The number of pyridine rings is 1. The summed E-state index contributed by atoms with van der Waals surface area (Å²) in [4.78, 5) is 12.6. The molecule has 0 bridgehead atoms. The number of aromatic nitrogens is 7. The molecule has 2 aromatic carbocycles. The van der Waals surface area contributed by atoms with Crippen LogP contribution < -0.4 is 5.56 Å². The molecule has 152 valence electrons. The van der Waals surface area contributed by atoms with Crippen molar-refractivity contribution in [3.05, 3.63) is 76.3 Å². The topological polar surface area (TPSA) is 82.4 Å². The SMILES string of the molecule is Cc1cc2nnc(SCc3nnc4n(C)c(=O)c5ccccc5n34)n2c2ccccc12. The van der Waals surface area contributed by atoms with E-state index in [1.807, 2.05) is 40.8 Å². The molecule has 9 heteroatoms. The van der Waals surface area contributed by atoms with Gasteiger partial charge in [-0.1, -0.05) is 42.1 Å². The van der Waals surface area contributed by atoms with Crippen molar-refractivity contribution in [1.29, 1.82) is 0 Å². The molecule has 0 amide bonds. The van der Waals surface area contributed by atoms with Crippen molar-refractivity contribution in [2.75, 3.05) is 0 Å². The maximum atomic E-state index is 12.6. The van der Waals surface area contributed by atoms with E-state index >= 15 is 0 Å². The first kappa shape index (κ1) is 18.1. The zero-order chi connectivity index (χ0) is 21.1. The van der Waals surface area contributed by atoms with Crippen LogP contribution in [0.15, 0.2) is 64.5 Å². The molecule has 31 heavy (non-hydrogen) atoms. The number of fused-ring (bicyclic) bond motifs is 6. The lowest BCUT2D eigenvalue weighted by atomic mass is 10.1. The molecule has 0 unspecified atom stereocenters. The normalized spacial score (nSPS) is 11.9. The third-order valence-electron chi connectivity index (χ3n) is 5.60. The lowest BCUT2D eigenvalue weighted by Crippen LogP contribution is -2.20. The van der Waals surface area contributed by atoms with E-state index in [0.717, 1.165) is 27.7 Å². The second-order valence-electron chi connectivity index (χ2n) is 7.44. The van der Waals surface area contributed by atoms with Gasteiger partial charge in [0.25, 0.3) is 5.56 Å². The molecular formula is C22H17N7OS. The molecule has 4 heterocycles. The quantitative estimate of drug-likeness (QED) is 0.403. The van der Waals surface area contributed by atoms with Crippen molar-refractivity contribution in [3.8, 4) is 0 Å². The molecule has 0 N–H and O–H groups in total. The van der Waals surface area contributed by atoms with E-state index in [0.29, 0.717) is 16.9 Å². The Morgan fingerprint density at radius 2 is 1.58 bits per heavy atom. The van der Waals surface area contributed by atoms with Gasteiger partial charge < -0.3 is 0 Å². The number of hydrogen-bond acceptors (Lipinski definition) is 6. The van der Waals surface area contributed by atoms with Crippen LogP contribution in [-0.2, 0) is 12.8 Å². The predicted octanol–water partition coefficient (Wildman–Crippen LogP) is 3.38. The lowest BCUT2D eigenvalue weighted by Gasteiger charge is -2.08. The van der Waals surface area contributed by atoms with Crippen molar-refractivity contribution in [2.24, 2.45) is 7.05 Å². The van der Waals surface area contributed by atoms with E-state index in [-0.39, 0.29) is 5.56 Å². The van der Waals surface area contributed by atoms with Crippen LogP contribution in [0.2, 0.25) is 0 Å². The smallest absolute Gasteiger partial charge is 0.262 e. The number of rotatable bonds is 3. The molecule has 0 aliphatic carbocycles. The Hall–Kier alpha value is -3.72. The highest BCUT2D eigenvalue weighted by Crippen LogP contribution is 2.27. The summed E-state index contributed by atoms with van der Waals surface area (Å²) < 4.78 is 5.55.